The fourth-order valence-electron chi connectivity index (χ4n) is 2.74. The molecular weight excluding hydrogens is 330 g/mol. The lowest BCUT2D eigenvalue weighted by molar-refractivity contribution is -0.119. The number of nitrogens with one attached hydrogen (secondary N) is 1. The lowest BCUT2D eigenvalue weighted by Gasteiger charge is -2.16. The van der Waals surface area contributed by atoms with Crippen molar-refractivity contribution in [2.24, 2.45) is 5.73 Å². The highest BCUT2D eigenvalue weighted by Crippen LogP contribution is 2.17. The Bertz CT molecular complexity index is 933. The van der Waals surface area contributed by atoms with Gasteiger partial charge >= 0.3 is 0 Å². The molecule has 6 heteroatoms. The molecule has 0 saturated carbocycles. The first-order valence-electron chi connectivity index (χ1n) is 8.15. The van der Waals surface area contributed by atoms with Gasteiger partial charge in [-0.1, -0.05) is 30.3 Å². The van der Waals surface area contributed by atoms with Crippen molar-refractivity contribution in [3.63, 3.8) is 0 Å². The van der Waals surface area contributed by atoms with Crippen LogP contribution >= 0.6 is 0 Å². The van der Waals surface area contributed by atoms with Gasteiger partial charge in [-0.15, -0.1) is 0 Å². The number of aromatic nitrogens is 1. The number of rotatable bonds is 6. The molecule has 3 rings (SSSR count). The molecule has 0 aliphatic heterocycles. The second kappa shape index (κ2) is 7.65. The zero-order chi connectivity index (χ0) is 18.5. The van der Waals surface area contributed by atoms with E-state index in [1.54, 1.807) is 43.6 Å². The van der Waals surface area contributed by atoms with Crippen LogP contribution in [-0.2, 0) is 11.2 Å². The maximum absolute atomic E-state index is 12.7. The highest BCUT2D eigenvalue weighted by atomic mass is 16.5. The average Bonchev–Trinajstić information content (AvgIpc) is 2.67. The van der Waals surface area contributed by atoms with Crippen molar-refractivity contribution in [2.45, 2.75) is 12.5 Å². The van der Waals surface area contributed by atoms with Gasteiger partial charge in [0.2, 0.25) is 5.91 Å². The molecule has 0 aliphatic carbocycles. The van der Waals surface area contributed by atoms with Crippen molar-refractivity contribution in [2.75, 3.05) is 7.11 Å². The normalized spacial score (nSPS) is 11.7. The molecule has 0 radical (unpaired) electrons. The van der Waals surface area contributed by atoms with Crippen molar-refractivity contribution in [3.05, 3.63) is 71.9 Å². The molecule has 1 atom stereocenters. The van der Waals surface area contributed by atoms with Crippen LogP contribution in [0.15, 0.2) is 60.8 Å². The van der Waals surface area contributed by atoms with E-state index in [1.165, 1.54) is 0 Å². The fraction of sp³-hybridized carbons (Fsp3) is 0.150. The van der Waals surface area contributed by atoms with Gasteiger partial charge in [-0.05, 0) is 29.8 Å². The SMILES string of the molecule is COc1ccc(C[C@H](NC(=O)c2cccc3cccnc23)C(N)=O)cc1. The second-order valence-corrected chi connectivity index (χ2v) is 5.86. The van der Waals surface area contributed by atoms with Crippen LogP contribution in [0, 0.1) is 0 Å². The molecule has 0 saturated heterocycles. The fourth-order valence-corrected chi connectivity index (χ4v) is 2.74. The molecule has 1 aromatic heterocycles. The summed E-state index contributed by atoms with van der Waals surface area (Å²) in [6, 6.07) is 15.4. The van der Waals surface area contributed by atoms with Crippen LogP contribution in [0.4, 0.5) is 0 Å². The van der Waals surface area contributed by atoms with Crippen LogP contribution in [0.25, 0.3) is 10.9 Å². The number of hydrogen-bond acceptors (Lipinski definition) is 4. The summed E-state index contributed by atoms with van der Waals surface area (Å²) in [5, 5.41) is 3.57. The van der Waals surface area contributed by atoms with E-state index in [0.29, 0.717) is 17.5 Å². The Morgan fingerprint density at radius 3 is 2.54 bits per heavy atom. The molecule has 2 aromatic carbocycles. The average molecular weight is 349 g/mol. The van der Waals surface area contributed by atoms with Crippen LogP contribution in [0.1, 0.15) is 15.9 Å². The van der Waals surface area contributed by atoms with Gasteiger partial charge in [-0.25, -0.2) is 0 Å². The number of amides is 2. The van der Waals surface area contributed by atoms with E-state index in [1.807, 2.05) is 24.3 Å². The topological polar surface area (TPSA) is 94.3 Å². The summed E-state index contributed by atoms with van der Waals surface area (Å²) >= 11 is 0. The number of ether oxygens (including phenoxy) is 1. The summed E-state index contributed by atoms with van der Waals surface area (Å²) in [7, 11) is 1.58. The van der Waals surface area contributed by atoms with Crippen molar-refractivity contribution in [1.29, 1.82) is 0 Å². The number of nitrogens with two attached hydrogens (primary N) is 1. The van der Waals surface area contributed by atoms with Gasteiger partial charge < -0.3 is 15.8 Å². The number of primary amides is 1. The van der Waals surface area contributed by atoms with Crippen LogP contribution in [-0.4, -0.2) is 29.9 Å². The number of fused-ring (bicyclic) bond motifs is 1. The molecule has 0 unspecified atom stereocenters. The predicted octanol–water partition coefficient (Wildman–Crippen LogP) is 2.07. The number of para-hydroxylation sites is 1. The van der Waals surface area contributed by atoms with E-state index in [9.17, 15) is 9.59 Å². The molecule has 6 nitrogen and oxygen atoms in total. The second-order valence-electron chi connectivity index (χ2n) is 5.86. The van der Waals surface area contributed by atoms with E-state index in [-0.39, 0.29) is 5.91 Å². The van der Waals surface area contributed by atoms with Crippen molar-refractivity contribution in [1.82, 2.24) is 10.3 Å². The Hall–Kier alpha value is -3.41. The van der Waals surface area contributed by atoms with Crippen LogP contribution in [0.2, 0.25) is 0 Å². The maximum Gasteiger partial charge on any atom is 0.254 e. The van der Waals surface area contributed by atoms with E-state index >= 15 is 0 Å². The molecule has 0 spiro atoms. The van der Waals surface area contributed by atoms with Crippen LogP contribution in [0.3, 0.4) is 0 Å². The van der Waals surface area contributed by atoms with Crippen molar-refractivity contribution < 1.29 is 14.3 Å². The van der Waals surface area contributed by atoms with Crippen LogP contribution < -0.4 is 15.8 Å². The quantitative estimate of drug-likeness (QED) is 0.712. The third-order valence-corrected chi connectivity index (χ3v) is 4.12. The number of carbonyl (C=O) groups is 2. The van der Waals surface area contributed by atoms with Gasteiger partial charge in [-0.2, -0.15) is 0 Å². The maximum atomic E-state index is 12.7. The minimum Gasteiger partial charge on any atom is -0.497 e. The number of carbonyl (C=O) groups excluding carboxylic acids is 2. The Labute approximate surface area is 151 Å². The van der Waals surface area contributed by atoms with E-state index < -0.39 is 11.9 Å². The van der Waals surface area contributed by atoms with Gasteiger partial charge in [0.1, 0.15) is 11.8 Å². The first kappa shape index (κ1) is 17.4. The smallest absolute Gasteiger partial charge is 0.254 e. The summed E-state index contributed by atoms with van der Waals surface area (Å²) in [6.45, 7) is 0. The molecule has 0 bridgehead atoms. The monoisotopic (exact) mass is 349 g/mol. The Morgan fingerprint density at radius 1 is 1.12 bits per heavy atom. The zero-order valence-electron chi connectivity index (χ0n) is 14.3. The van der Waals surface area contributed by atoms with Gasteiger partial charge in [0.25, 0.3) is 5.91 Å². The molecule has 2 amide bonds. The Morgan fingerprint density at radius 2 is 1.85 bits per heavy atom. The number of methoxy groups -OCH3 is 1. The predicted molar refractivity (Wildman–Crippen MR) is 98.9 cm³/mol. The summed E-state index contributed by atoms with van der Waals surface area (Å²) < 4.78 is 5.12. The first-order valence-corrected chi connectivity index (χ1v) is 8.15. The van der Waals surface area contributed by atoms with Crippen LogP contribution in [0.5, 0.6) is 5.75 Å². The van der Waals surface area contributed by atoms with E-state index in [0.717, 1.165) is 16.7 Å². The number of hydrogen-bond donors (Lipinski definition) is 2. The molecule has 3 aromatic rings. The first-order chi connectivity index (χ1) is 12.6. The molecule has 26 heavy (non-hydrogen) atoms. The number of benzene rings is 2. The van der Waals surface area contributed by atoms with Gasteiger partial charge in [0, 0.05) is 18.0 Å². The molecule has 0 fully saturated rings. The van der Waals surface area contributed by atoms with Gasteiger partial charge in [0.05, 0.1) is 18.2 Å². The summed E-state index contributed by atoms with van der Waals surface area (Å²) in [5.74, 6) is -0.260. The van der Waals surface area contributed by atoms with Gasteiger partial charge in [-0.3, -0.25) is 14.6 Å². The van der Waals surface area contributed by atoms with E-state index in [4.69, 9.17) is 10.5 Å². The van der Waals surface area contributed by atoms with Crippen molar-refractivity contribution in [3.8, 4) is 5.75 Å². The summed E-state index contributed by atoms with van der Waals surface area (Å²) in [4.78, 5) is 28.8. The largest absolute Gasteiger partial charge is 0.497 e. The minimum atomic E-state index is -0.824. The lowest BCUT2D eigenvalue weighted by Crippen LogP contribution is -2.45. The molecular formula is C20H19N3O3. The Balaban J connectivity index is 1.80. The van der Waals surface area contributed by atoms with Gasteiger partial charge in [0.15, 0.2) is 0 Å². The zero-order valence-corrected chi connectivity index (χ0v) is 14.3. The molecule has 3 N–H and O–H groups in total. The summed E-state index contributed by atoms with van der Waals surface area (Å²) in [6.07, 6.45) is 1.92. The number of pyridine rings is 1. The molecule has 1 heterocycles. The highest BCUT2D eigenvalue weighted by Gasteiger charge is 2.21. The third-order valence-electron chi connectivity index (χ3n) is 4.12. The minimum absolute atomic E-state index is 0.295. The van der Waals surface area contributed by atoms with E-state index in [2.05, 4.69) is 10.3 Å². The molecule has 132 valence electrons. The highest BCUT2D eigenvalue weighted by molar-refractivity contribution is 6.06. The van der Waals surface area contributed by atoms with Crippen molar-refractivity contribution >= 4 is 22.7 Å². The summed E-state index contributed by atoms with van der Waals surface area (Å²) in [5.41, 5.74) is 7.34. The standard InChI is InChI=1S/C20H19N3O3/c1-26-15-9-7-13(8-10-15)12-17(19(21)24)23-20(25)16-6-2-4-14-5-3-11-22-18(14)16/h2-11,17H,12H2,1H3,(H2,21,24)(H,23,25)/t17-/m0/s1. The lowest BCUT2D eigenvalue weighted by atomic mass is 10.0. The third kappa shape index (κ3) is 3.80. The Kier molecular flexibility index (Phi) is 5.12. The molecule has 0 aliphatic rings. The number of nitrogens with zero attached hydrogens (tertiary/aromatic N) is 1.